The summed E-state index contributed by atoms with van der Waals surface area (Å²) < 4.78 is 23.6. The normalized spacial score (nSPS) is 29.2. The van der Waals surface area contributed by atoms with E-state index in [1.165, 1.54) is 19.2 Å². The molecular formula is C12H14N2O6S. The van der Waals surface area contributed by atoms with Crippen LogP contribution in [0.25, 0.3) is 0 Å². The maximum Gasteiger partial charge on any atom is 0.331 e. The fourth-order valence-corrected chi connectivity index (χ4v) is 4.15. The van der Waals surface area contributed by atoms with Crippen molar-refractivity contribution in [1.82, 2.24) is 8.96 Å². The van der Waals surface area contributed by atoms with Crippen LogP contribution < -0.4 is 0 Å². The molecule has 2 unspecified atom stereocenters. The standard InChI is InChI=1S/C12H14N2O6S/c1-11(9(15)16)3-2-4-12(7-11,10(17)18)21(19,20)14-6-5-13-8-14/h2,4-6,8H,3,7H2,1H3,(H,15,16)(H,17,18). The quantitative estimate of drug-likeness (QED) is 0.766. The first-order chi connectivity index (χ1) is 9.66. The molecule has 114 valence electrons. The van der Waals surface area contributed by atoms with Crippen LogP contribution in [-0.4, -0.2) is 44.3 Å². The van der Waals surface area contributed by atoms with Crippen molar-refractivity contribution >= 4 is 22.0 Å². The molecule has 0 fully saturated rings. The average molecular weight is 314 g/mol. The summed E-state index contributed by atoms with van der Waals surface area (Å²) in [6.07, 6.45) is 5.14. The zero-order valence-electron chi connectivity index (χ0n) is 11.1. The molecule has 8 nitrogen and oxygen atoms in total. The summed E-state index contributed by atoms with van der Waals surface area (Å²) in [6, 6.07) is 0. The van der Waals surface area contributed by atoms with Crippen LogP contribution in [0, 0.1) is 5.41 Å². The van der Waals surface area contributed by atoms with E-state index in [0.29, 0.717) is 3.97 Å². The highest BCUT2D eigenvalue weighted by Crippen LogP contribution is 2.42. The van der Waals surface area contributed by atoms with Gasteiger partial charge < -0.3 is 10.2 Å². The fraction of sp³-hybridized carbons (Fsp3) is 0.417. The van der Waals surface area contributed by atoms with Gasteiger partial charge in [0.2, 0.25) is 4.75 Å². The zero-order valence-corrected chi connectivity index (χ0v) is 11.9. The summed E-state index contributed by atoms with van der Waals surface area (Å²) in [5.41, 5.74) is -1.47. The molecule has 2 rings (SSSR count). The molecule has 1 aliphatic carbocycles. The highest BCUT2D eigenvalue weighted by Gasteiger charge is 2.57. The average Bonchev–Trinajstić information content (AvgIpc) is 2.92. The summed E-state index contributed by atoms with van der Waals surface area (Å²) in [6.45, 7) is 1.33. The Bertz CT molecular complexity index is 708. The van der Waals surface area contributed by atoms with E-state index >= 15 is 0 Å². The molecule has 2 atom stereocenters. The topological polar surface area (TPSA) is 127 Å². The number of aromatic nitrogens is 2. The van der Waals surface area contributed by atoms with Gasteiger partial charge in [-0.1, -0.05) is 12.2 Å². The van der Waals surface area contributed by atoms with E-state index in [-0.39, 0.29) is 6.42 Å². The molecule has 1 aliphatic rings. The lowest BCUT2D eigenvalue weighted by Gasteiger charge is -2.37. The Kier molecular flexibility index (Phi) is 3.40. The molecule has 0 radical (unpaired) electrons. The Morgan fingerprint density at radius 3 is 2.43 bits per heavy atom. The van der Waals surface area contributed by atoms with Gasteiger partial charge in [0.25, 0.3) is 10.0 Å². The van der Waals surface area contributed by atoms with Gasteiger partial charge in [-0.05, 0) is 19.8 Å². The molecule has 0 amide bonds. The number of nitrogens with zero attached hydrogens (tertiary/aromatic N) is 2. The second kappa shape index (κ2) is 4.69. The Balaban J connectivity index is 2.64. The molecule has 0 saturated heterocycles. The number of hydrogen-bond acceptors (Lipinski definition) is 5. The minimum Gasteiger partial charge on any atom is -0.481 e. The third-order valence-electron chi connectivity index (χ3n) is 3.70. The van der Waals surface area contributed by atoms with E-state index < -0.39 is 38.5 Å². The van der Waals surface area contributed by atoms with Crippen molar-refractivity contribution in [2.45, 2.75) is 24.5 Å². The Morgan fingerprint density at radius 1 is 1.29 bits per heavy atom. The van der Waals surface area contributed by atoms with Gasteiger partial charge >= 0.3 is 11.9 Å². The molecule has 0 spiro atoms. The van der Waals surface area contributed by atoms with Crippen LogP contribution >= 0.6 is 0 Å². The van der Waals surface area contributed by atoms with Gasteiger partial charge in [-0.3, -0.25) is 9.59 Å². The van der Waals surface area contributed by atoms with Crippen LogP contribution in [0.2, 0.25) is 0 Å². The predicted octanol–water partition coefficient (Wildman–Crippen LogP) is 0.325. The smallest absolute Gasteiger partial charge is 0.331 e. The number of carboxylic acid groups (broad SMARTS) is 2. The summed E-state index contributed by atoms with van der Waals surface area (Å²) >= 11 is 0. The first kappa shape index (κ1) is 15.2. The third-order valence-corrected chi connectivity index (χ3v) is 5.85. The maximum absolute atomic E-state index is 12.6. The van der Waals surface area contributed by atoms with Gasteiger partial charge in [-0.2, -0.15) is 0 Å². The molecule has 0 saturated carbocycles. The van der Waals surface area contributed by atoms with E-state index in [4.69, 9.17) is 0 Å². The minimum absolute atomic E-state index is 0.0663. The second-order valence-electron chi connectivity index (χ2n) is 5.24. The first-order valence-electron chi connectivity index (χ1n) is 6.03. The summed E-state index contributed by atoms with van der Waals surface area (Å²) in [5.74, 6) is -2.85. The summed E-state index contributed by atoms with van der Waals surface area (Å²) in [4.78, 5) is 26.6. The van der Waals surface area contributed by atoms with Crippen LogP contribution in [-0.2, 0) is 19.6 Å². The second-order valence-corrected chi connectivity index (χ2v) is 7.34. The lowest BCUT2D eigenvalue weighted by Crippen LogP contribution is -2.53. The number of rotatable bonds is 4. The predicted molar refractivity (Wildman–Crippen MR) is 71.0 cm³/mol. The van der Waals surface area contributed by atoms with E-state index in [9.17, 15) is 28.2 Å². The van der Waals surface area contributed by atoms with E-state index in [1.807, 2.05) is 0 Å². The van der Waals surface area contributed by atoms with Gasteiger partial charge in [0, 0.05) is 12.4 Å². The molecule has 2 N–H and O–H groups in total. The van der Waals surface area contributed by atoms with Crippen LogP contribution in [0.1, 0.15) is 19.8 Å². The van der Waals surface area contributed by atoms with Gasteiger partial charge in [0.15, 0.2) is 0 Å². The minimum atomic E-state index is -4.38. The highest BCUT2D eigenvalue weighted by atomic mass is 32.2. The van der Waals surface area contributed by atoms with Gasteiger partial charge in [0.1, 0.15) is 6.33 Å². The van der Waals surface area contributed by atoms with Crippen molar-refractivity contribution in [1.29, 1.82) is 0 Å². The molecule has 1 aromatic rings. The van der Waals surface area contributed by atoms with Crippen LogP contribution in [0.5, 0.6) is 0 Å². The monoisotopic (exact) mass is 314 g/mol. The molecule has 1 aromatic heterocycles. The number of carboxylic acids is 2. The number of aliphatic carboxylic acids is 2. The lowest BCUT2D eigenvalue weighted by molar-refractivity contribution is -0.150. The Hall–Kier alpha value is -2.16. The Morgan fingerprint density at radius 2 is 1.95 bits per heavy atom. The van der Waals surface area contributed by atoms with E-state index in [2.05, 4.69) is 4.98 Å². The van der Waals surface area contributed by atoms with Crippen molar-refractivity contribution in [2.24, 2.45) is 5.41 Å². The largest absolute Gasteiger partial charge is 0.481 e. The molecule has 1 heterocycles. The van der Waals surface area contributed by atoms with E-state index in [0.717, 1.165) is 18.6 Å². The summed E-state index contributed by atoms with van der Waals surface area (Å²) in [5, 5.41) is 18.7. The summed E-state index contributed by atoms with van der Waals surface area (Å²) in [7, 11) is -4.38. The van der Waals surface area contributed by atoms with Crippen molar-refractivity contribution in [2.75, 3.05) is 0 Å². The van der Waals surface area contributed by atoms with Gasteiger partial charge in [-0.15, -0.1) is 0 Å². The fourth-order valence-electron chi connectivity index (χ4n) is 2.39. The molecular weight excluding hydrogens is 300 g/mol. The van der Waals surface area contributed by atoms with Crippen LogP contribution in [0.4, 0.5) is 0 Å². The zero-order chi connectivity index (χ0) is 15.9. The number of carbonyl (C=O) groups is 2. The van der Waals surface area contributed by atoms with E-state index in [1.54, 1.807) is 0 Å². The highest BCUT2D eigenvalue weighted by molar-refractivity contribution is 7.92. The maximum atomic E-state index is 12.6. The van der Waals surface area contributed by atoms with Crippen LogP contribution in [0.15, 0.2) is 30.9 Å². The van der Waals surface area contributed by atoms with Crippen molar-refractivity contribution in [3.8, 4) is 0 Å². The number of allylic oxidation sites excluding steroid dienone is 1. The molecule has 9 heteroatoms. The first-order valence-corrected chi connectivity index (χ1v) is 7.47. The van der Waals surface area contributed by atoms with Gasteiger partial charge in [0.05, 0.1) is 5.41 Å². The third kappa shape index (κ3) is 2.13. The van der Waals surface area contributed by atoms with Crippen molar-refractivity contribution in [3.05, 3.63) is 30.9 Å². The molecule has 21 heavy (non-hydrogen) atoms. The molecule has 0 bridgehead atoms. The Labute approximate surface area is 120 Å². The number of hydrogen-bond donors (Lipinski definition) is 2. The van der Waals surface area contributed by atoms with Crippen molar-refractivity contribution < 1.29 is 28.2 Å². The number of imidazole rings is 1. The SMILES string of the molecule is CC1(C(=O)O)CC=CC(C(=O)O)(S(=O)(=O)n2ccnc2)C1. The lowest BCUT2D eigenvalue weighted by atomic mass is 9.74. The molecule has 0 aromatic carbocycles. The van der Waals surface area contributed by atoms with Crippen LogP contribution in [0.3, 0.4) is 0 Å². The molecule has 0 aliphatic heterocycles. The van der Waals surface area contributed by atoms with Crippen molar-refractivity contribution in [3.63, 3.8) is 0 Å². The van der Waals surface area contributed by atoms with Gasteiger partial charge in [-0.25, -0.2) is 17.4 Å².